The molecule has 0 spiro atoms. The topological polar surface area (TPSA) is 59.0 Å². The summed E-state index contributed by atoms with van der Waals surface area (Å²) >= 11 is 0. The molecule has 1 aromatic carbocycles. The summed E-state index contributed by atoms with van der Waals surface area (Å²) in [5.74, 6) is 1.21. The van der Waals surface area contributed by atoms with E-state index in [1.54, 1.807) is 19.2 Å². The van der Waals surface area contributed by atoms with Crippen LogP contribution < -0.4 is 9.47 Å². The molecule has 1 amide bonds. The molecule has 2 saturated heterocycles. The number of aliphatic hydroxyl groups is 1. The molecule has 2 heterocycles. The van der Waals surface area contributed by atoms with Gasteiger partial charge in [0.15, 0.2) is 18.1 Å². The number of aliphatic hydroxyl groups excluding tert-OH is 1. The van der Waals surface area contributed by atoms with E-state index < -0.39 is 0 Å². The normalized spacial score (nSPS) is 27.5. The molecule has 0 aromatic heterocycles. The number of hydrogen-bond donors (Lipinski definition) is 1. The zero-order valence-electron chi connectivity index (χ0n) is 12.2. The number of carbonyl (C=O) groups excluding carboxylic acids is 1. The van der Waals surface area contributed by atoms with Crippen molar-refractivity contribution in [2.24, 2.45) is 0 Å². The van der Waals surface area contributed by atoms with Crippen LogP contribution >= 0.6 is 0 Å². The van der Waals surface area contributed by atoms with Crippen molar-refractivity contribution >= 4 is 5.91 Å². The molecule has 5 heteroatoms. The number of piperidine rings is 1. The number of para-hydroxylation sites is 2. The number of amides is 1. The van der Waals surface area contributed by atoms with Crippen molar-refractivity contribution in [1.29, 1.82) is 0 Å². The molecule has 2 fully saturated rings. The third kappa shape index (κ3) is 2.83. The van der Waals surface area contributed by atoms with Crippen molar-refractivity contribution in [3.05, 3.63) is 24.3 Å². The van der Waals surface area contributed by atoms with Crippen molar-refractivity contribution < 1.29 is 19.4 Å². The number of nitrogens with zero attached hydrogens (tertiary/aromatic N) is 1. The Balaban J connectivity index is 1.62. The molecular weight excluding hydrogens is 270 g/mol. The average molecular weight is 291 g/mol. The minimum atomic E-state index is -0.262. The second-order valence-corrected chi connectivity index (χ2v) is 5.75. The van der Waals surface area contributed by atoms with Crippen LogP contribution in [0.25, 0.3) is 0 Å². The van der Waals surface area contributed by atoms with Gasteiger partial charge in [0.05, 0.1) is 13.2 Å². The van der Waals surface area contributed by atoms with Gasteiger partial charge in [-0.3, -0.25) is 4.79 Å². The Morgan fingerprint density at radius 2 is 1.86 bits per heavy atom. The molecule has 21 heavy (non-hydrogen) atoms. The van der Waals surface area contributed by atoms with Gasteiger partial charge < -0.3 is 19.5 Å². The fourth-order valence-corrected chi connectivity index (χ4v) is 3.51. The predicted molar refractivity (Wildman–Crippen MR) is 77.4 cm³/mol. The predicted octanol–water partition coefficient (Wildman–Crippen LogP) is 1.59. The van der Waals surface area contributed by atoms with Crippen LogP contribution in [0.2, 0.25) is 0 Å². The van der Waals surface area contributed by atoms with E-state index in [1.165, 1.54) is 0 Å². The fraction of sp³-hybridized carbons (Fsp3) is 0.562. The largest absolute Gasteiger partial charge is 0.493 e. The molecule has 2 aliphatic rings. The van der Waals surface area contributed by atoms with Gasteiger partial charge in [0.2, 0.25) is 0 Å². The van der Waals surface area contributed by atoms with Crippen molar-refractivity contribution in [2.75, 3.05) is 13.7 Å². The van der Waals surface area contributed by atoms with E-state index in [2.05, 4.69) is 0 Å². The molecule has 0 aliphatic carbocycles. The lowest BCUT2D eigenvalue weighted by Gasteiger charge is -2.37. The molecule has 114 valence electrons. The summed E-state index contributed by atoms with van der Waals surface area (Å²) in [4.78, 5) is 14.3. The van der Waals surface area contributed by atoms with Crippen LogP contribution in [0, 0.1) is 0 Å². The summed E-state index contributed by atoms with van der Waals surface area (Å²) < 4.78 is 10.8. The van der Waals surface area contributed by atoms with Gasteiger partial charge in [0.1, 0.15) is 0 Å². The molecule has 1 N–H and O–H groups in total. The Kier molecular flexibility index (Phi) is 4.01. The smallest absolute Gasteiger partial charge is 0.261 e. The van der Waals surface area contributed by atoms with Crippen LogP contribution in [0.5, 0.6) is 11.5 Å². The summed E-state index contributed by atoms with van der Waals surface area (Å²) in [6.07, 6.45) is 3.10. The highest BCUT2D eigenvalue weighted by Gasteiger charge is 2.42. The molecule has 2 atom stereocenters. The second kappa shape index (κ2) is 5.93. The SMILES string of the molecule is COc1ccccc1OCC(=O)N1C2CCC1CC(O)C2. The van der Waals surface area contributed by atoms with Crippen molar-refractivity contribution in [3.63, 3.8) is 0 Å². The lowest BCUT2D eigenvalue weighted by molar-refractivity contribution is -0.139. The number of rotatable bonds is 4. The van der Waals surface area contributed by atoms with E-state index in [9.17, 15) is 9.90 Å². The minimum Gasteiger partial charge on any atom is -0.493 e. The summed E-state index contributed by atoms with van der Waals surface area (Å²) in [5, 5.41) is 9.78. The Morgan fingerprint density at radius 3 is 2.48 bits per heavy atom. The maximum atomic E-state index is 12.4. The molecule has 2 aliphatic heterocycles. The van der Waals surface area contributed by atoms with Gasteiger partial charge in [0, 0.05) is 12.1 Å². The number of benzene rings is 1. The van der Waals surface area contributed by atoms with Crippen LogP contribution in [0.1, 0.15) is 25.7 Å². The first-order valence-electron chi connectivity index (χ1n) is 7.44. The molecule has 2 unspecified atom stereocenters. The van der Waals surface area contributed by atoms with Crippen molar-refractivity contribution in [1.82, 2.24) is 4.90 Å². The highest BCUT2D eigenvalue weighted by Crippen LogP contribution is 2.36. The highest BCUT2D eigenvalue weighted by molar-refractivity contribution is 5.79. The number of methoxy groups -OCH3 is 1. The molecule has 0 radical (unpaired) electrons. The van der Waals surface area contributed by atoms with Gasteiger partial charge in [0.25, 0.3) is 5.91 Å². The summed E-state index contributed by atoms with van der Waals surface area (Å²) in [6, 6.07) is 7.66. The number of fused-ring (bicyclic) bond motifs is 2. The Morgan fingerprint density at radius 1 is 1.24 bits per heavy atom. The molecule has 2 bridgehead atoms. The molecule has 0 saturated carbocycles. The van der Waals surface area contributed by atoms with E-state index in [0.717, 1.165) is 12.8 Å². The number of carbonyl (C=O) groups is 1. The van der Waals surface area contributed by atoms with E-state index in [-0.39, 0.29) is 30.7 Å². The van der Waals surface area contributed by atoms with Crippen LogP contribution in [0.3, 0.4) is 0 Å². The third-order valence-corrected chi connectivity index (χ3v) is 4.42. The first-order valence-corrected chi connectivity index (χ1v) is 7.44. The van der Waals surface area contributed by atoms with E-state index in [4.69, 9.17) is 9.47 Å². The van der Waals surface area contributed by atoms with Gasteiger partial charge in [-0.1, -0.05) is 12.1 Å². The summed E-state index contributed by atoms with van der Waals surface area (Å²) in [7, 11) is 1.58. The van der Waals surface area contributed by atoms with E-state index in [1.807, 2.05) is 17.0 Å². The molecule has 5 nitrogen and oxygen atoms in total. The van der Waals surface area contributed by atoms with Crippen LogP contribution in [0.4, 0.5) is 0 Å². The quantitative estimate of drug-likeness (QED) is 0.915. The zero-order chi connectivity index (χ0) is 14.8. The molecular formula is C16H21NO4. The summed E-state index contributed by atoms with van der Waals surface area (Å²) in [6.45, 7) is 0.0173. The van der Waals surface area contributed by atoms with E-state index in [0.29, 0.717) is 24.3 Å². The lowest BCUT2D eigenvalue weighted by atomic mass is 10.00. The number of hydrogen-bond acceptors (Lipinski definition) is 4. The maximum Gasteiger partial charge on any atom is 0.261 e. The van der Waals surface area contributed by atoms with Gasteiger partial charge in [-0.2, -0.15) is 0 Å². The number of ether oxygens (including phenoxy) is 2. The average Bonchev–Trinajstić information content (AvgIpc) is 2.77. The fourth-order valence-electron chi connectivity index (χ4n) is 3.51. The van der Waals surface area contributed by atoms with Gasteiger partial charge in [-0.25, -0.2) is 0 Å². The zero-order valence-corrected chi connectivity index (χ0v) is 12.2. The van der Waals surface area contributed by atoms with Gasteiger partial charge in [-0.15, -0.1) is 0 Å². The second-order valence-electron chi connectivity index (χ2n) is 5.75. The highest BCUT2D eigenvalue weighted by atomic mass is 16.5. The van der Waals surface area contributed by atoms with Crippen LogP contribution in [-0.4, -0.2) is 47.8 Å². The Bertz CT molecular complexity index is 505. The van der Waals surface area contributed by atoms with Crippen LogP contribution in [-0.2, 0) is 4.79 Å². The van der Waals surface area contributed by atoms with Gasteiger partial charge >= 0.3 is 0 Å². The Hall–Kier alpha value is -1.75. The maximum absolute atomic E-state index is 12.4. The minimum absolute atomic E-state index is 0.000283. The lowest BCUT2D eigenvalue weighted by Crippen LogP contribution is -2.49. The summed E-state index contributed by atoms with van der Waals surface area (Å²) in [5.41, 5.74) is 0. The third-order valence-electron chi connectivity index (χ3n) is 4.42. The van der Waals surface area contributed by atoms with Crippen LogP contribution in [0.15, 0.2) is 24.3 Å². The first kappa shape index (κ1) is 14.2. The monoisotopic (exact) mass is 291 g/mol. The Labute approximate surface area is 124 Å². The standard InChI is InChI=1S/C16H21NO4/c1-20-14-4-2-3-5-15(14)21-10-16(19)17-11-6-7-12(17)9-13(18)8-11/h2-5,11-13,18H,6-10H2,1H3. The first-order chi connectivity index (χ1) is 10.2. The van der Waals surface area contributed by atoms with Gasteiger partial charge in [-0.05, 0) is 37.8 Å². The molecule has 1 aromatic rings. The van der Waals surface area contributed by atoms with Crippen molar-refractivity contribution in [3.8, 4) is 11.5 Å². The molecule has 3 rings (SSSR count). The van der Waals surface area contributed by atoms with Crippen molar-refractivity contribution in [2.45, 2.75) is 43.9 Å². The van der Waals surface area contributed by atoms with E-state index >= 15 is 0 Å².